The van der Waals surface area contributed by atoms with E-state index in [4.69, 9.17) is 0 Å². The molecule has 0 fully saturated rings. The van der Waals surface area contributed by atoms with E-state index in [0.29, 0.717) is 12.4 Å². The Balaban J connectivity index is 2.03. The number of aromatic nitrogens is 2. The minimum atomic E-state index is -0.748. The Morgan fingerprint density at radius 2 is 1.85 bits per heavy atom. The minimum Gasteiger partial charge on any atom is -0.385 e. The normalized spacial score (nSPS) is 12.3. The van der Waals surface area contributed by atoms with Gasteiger partial charge < -0.3 is 14.6 Å². The molecule has 136 valence electrons. The van der Waals surface area contributed by atoms with Gasteiger partial charge in [0.15, 0.2) is 0 Å². The Morgan fingerprint density at radius 3 is 2.46 bits per heavy atom. The van der Waals surface area contributed by atoms with Crippen LogP contribution in [0.5, 0.6) is 0 Å². The molecule has 0 saturated heterocycles. The summed E-state index contributed by atoms with van der Waals surface area (Å²) >= 11 is 0. The number of hydrogen-bond acceptors (Lipinski definition) is 3. The topological polar surface area (TPSA) is 58.4 Å². The van der Waals surface area contributed by atoms with Crippen LogP contribution in [0.4, 0.5) is 5.69 Å². The number of nitrogens with zero attached hydrogens (tertiary/aromatic N) is 3. The molecule has 0 radical (unpaired) electrons. The van der Waals surface area contributed by atoms with Gasteiger partial charge in [-0.2, -0.15) is 0 Å². The molecular formula is C21H25N3O2. The van der Waals surface area contributed by atoms with Crippen molar-refractivity contribution in [1.29, 1.82) is 0 Å². The number of anilines is 1. The first-order valence-corrected chi connectivity index (χ1v) is 8.93. The number of fused-ring (bicyclic) bond motifs is 1. The van der Waals surface area contributed by atoms with Crippen molar-refractivity contribution >= 4 is 22.6 Å². The number of amides is 1. The highest BCUT2D eigenvalue weighted by Gasteiger charge is 2.21. The fourth-order valence-electron chi connectivity index (χ4n) is 3.22. The first kappa shape index (κ1) is 18.1. The van der Waals surface area contributed by atoms with Crippen molar-refractivity contribution in [3.05, 3.63) is 59.4 Å². The van der Waals surface area contributed by atoms with Crippen molar-refractivity contribution in [1.82, 2.24) is 9.55 Å². The smallest absolute Gasteiger partial charge is 0.246 e. The van der Waals surface area contributed by atoms with Crippen LogP contribution in [0.25, 0.3) is 11.0 Å². The van der Waals surface area contributed by atoms with Gasteiger partial charge in [0.05, 0.1) is 11.0 Å². The number of imidazole rings is 1. The monoisotopic (exact) mass is 351 g/mol. The fraction of sp³-hybridized carbons (Fsp3) is 0.333. The molecule has 1 unspecified atom stereocenters. The van der Waals surface area contributed by atoms with E-state index in [-0.39, 0.29) is 12.5 Å². The van der Waals surface area contributed by atoms with Gasteiger partial charge in [-0.1, -0.05) is 18.2 Å². The fourth-order valence-corrected chi connectivity index (χ4v) is 3.22. The molecule has 5 heteroatoms. The van der Waals surface area contributed by atoms with Gasteiger partial charge >= 0.3 is 0 Å². The molecule has 3 rings (SSSR count). The third-order valence-electron chi connectivity index (χ3n) is 4.75. The summed E-state index contributed by atoms with van der Waals surface area (Å²) in [5.41, 5.74) is 4.83. The van der Waals surface area contributed by atoms with Crippen LogP contribution in [-0.4, -0.2) is 27.1 Å². The predicted molar refractivity (Wildman–Crippen MR) is 104 cm³/mol. The molecule has 1 heterocycles. The quantitative estimate of drug-likeness (QED) is 0.761. The van der Waals surface area contributed by atoms with Crippen LogP contribution < -0.4 is 4.90 Å². The van der Waals surface area contributed by atoms with Crippen molar-refractivity contribution in [2.75, 3.05) is 11.4 Å². The van der Waals surface area contributed by atoms with E-state index in [0.717, 1.165) is 27.8 Å². The molecule has 0 spiro atoms. The van der Waals surface area contributed by atoms with Crippen LogP contribution in [0, 0.1) is 13.8 Å². The van der Waals surface area contributed by atoms with E-state index in [2.05, 4.69) is 4.98 Å². The van der Waals surface area contributed by atoms with Gasteiger partial charge in [-0.05, 0) is 63.1 Å². The van der Waals surface area contributed by atoms with Gasteiger partial charge in [0.2, 0.25) is 5.91 Å². The van der Waals surface area contributed by atoms with E-state index in [9.17, 15) is 9.90 Å². The lowest BCUT2D eigenvalue weighted by Crippen LogP contribution is -2.34. The molecule has 1 atom stereocenters. The number of benzene rings is 2. The standard InChI is InChI=1S/C21H25N3O2/c1-5-23(17-9-7-6-8-10-17)20(26)13-24-19-12-15(3)14(2)11-18(19)22-21(24)16(4)25/h6-12,16,25H,5,13H2,1-4H3. The van der Waals surface area contributed by atoms with E-state index in [1.807, 2.05) is 67.8 Å². The summed E-state index contributed by atoms with van der Waals surface area (Å²) < 4.78 is 1.83. The molecule has 0 aliphatic carbocycles. The number of rotatable bonds is 5. The van der Waals surface area contributed by atoms with Crippen molar-refractivity contribution < 1.29 is 9.90 Å². The maximum Gasteiger partial charge on any atom is 0.246 e. The van der Waals surface area contributed by atoms with Crippen LogP contribution >= 0.6 is 0 Å². The molecule has 0 aliphatic rings. The summed E-state index contributed by atoms with van der Waals surface area (Å²) in [6.45, 7) is 8.43. The van der Waals surface area contributed by atoms with Crippen LogP contribution in [0.2, 0.25) is 0 Å². The number of hydrogen-bond donors (Lipinski definition) is 1. The van der Waals surface area contributed by atoms with Crippen LogP contribution in [0.15, 0.2) is 42.5 Å². The van der Waals surface area contributed by atoms with Gasteiger partial charge in [-0.3, -0.25) is 4.79 Å². The minimum absolute atomic E-state index is 0.0295. The number of likely N-dealkylation sites (N-methyl/N-ethyl adjacent to an activating group) is 1. The summed E-state index contributed by atoms with van der Waals surface area (Å²) in [5.74, 6) is 0.487. The summed E-state index contributed by atoms with van der Waals surface area (Å²) in [4.78, 5) is 19.3. The van der Waals surface area contributed by atoms with Gasteiger partial charge in [0.25, 0.3) is 0 Å². The van der Waals surface area contributed by atoms with Crippen molar-refractivity contribution in [3.63, 3.8) is 0 Å². The predicted octanol–water partition coefficient (Wildman–Crippen LogP) is 3.76. The molecular weight excluding hydrogens is 326 g/mol. The maximum atomic E-state index is 13.0. The Bertz CT molecular complexity index is 929. The second-order valence-electron chi connectivity index (χ2n) is 6.63. The summed E-state index contributed by atoms with van der Waals surface area (Å²) in [5, 5.41) is 10.2. The van der Waals surface area contributed by atoms with Gasteiger partial charge in [-0.15, -0.1) is 0 Å². The van der Waals surface area contributed by atoms with E-state index >= 15 is 0 Å². The number of para-hydroxylation sites is 1. The number of aliphatic hydroxyl groups is 1. The van der Waals surface area contributed by atoms with Crippen molar-refractivity contribution in [3.8, 4) is 0 Å². The molecule has 5 nitrogen and oxygen atoms in total. The first-order valence-electron chi connectivity index (χ1n) is 8.93. The van der Waals surface area contributed by atoms with Crippen LogP contribution in [-0.2, 0) is 11.3 Å². The Hall–Kier alpha value is -2.66. The SMILES string of the molecule is CCN(C(=O)Cn1c(C(C)O)nc2cc(C)c(C)cc21)c1ccccc1. The van der Waals surface area contributed by atoms with E-state index < -0.39 is 6.10 Å². The van der Waals surface area contributed by atoms with Crippen molar-refractivity contribution in [2.45, 2.75) is 40.3 Å². The molecule has 1 amide bonds. The average Bonchev–Trinajstić information content (AvgIpc) is 2.95. The highest BCUT2D eigenvalue weighted by atomic mass is 16.3. The second-order valence-corrected chi connectivity index (χ2v) is 6.63. The number of aliphatic hydroxyl groups excluding tert-OH is 1. The molecule has 0 saturated carbocycles. The Kier molecular flexibility index (Phi) is 5.09. The summed E-state index contributed by atoms with van der Waals surface area (Å²) in [6, 6.07) is 13.7. The Labute approximate surface area is 153 Å². The highest BCUT2D eigenvalue weighted by molar-refractivity contribution is 5.94. The third kappa shape index (κ3) is 3.35. The molecule has 3 aromatic rings. The zero-order valence-corrected chi connectivity index (χ0v) is 15.7. The lowest BCUT2D eigenvalue weighted by Gasteiger charge is -2.22. The average molecular weight is 351 g/mol. The van der Waals surface area contributed by atoms with Gasteiger partial charge in [-0.25, -0.2) is 4.98 Å². The number of aryl methyl sites for hydroxylation is 2. The summed E-state index contributed by atoms with van der Waals surface area (Å²) in [6.07, 6.45) is -0.748. The zero-order chi connectivity index (χ0) is 18.8. The lowest BCUT2D eigenvalue weighted by atomic mass is 10.1. The molecule has 1 aromatic heterocycles. The number of carbonyl (C=O) groups excluding carboxylic acids is 1. The first-order chi connectivity index (χ1) is 12.4. The largest absolute Gasteiger partial charge is 0.385 e. The highest BCUT2D eigenvalue weighted by Crippen LogP contribution is 2.25. The number of carbonyl (C=O) groups is 1. The Morgan fingerprint density at radius 1 is 1.19 bits per heavy atom. The van der Waals surface area contributed by atoms with Gasteiger partial charge in [0, 0.05) is 12.2 Å². The lowest BCUT2D eigenvalue weighted by molar-refractivity contribution is -0.119. The van der Waals surface area contributed by atoms with Crippen molar-refractivity contribution in [2.24, 2.45) is 0 Å². The molecule has 0 bridgehead atoms. The maximum absolute atomic E-state index is 13.0. The van der Waals surface area contributed by atoms with Gasteiger partial charge in [0.1, 0.15) is 18.5 Å². The van der Waals surface area contributed by atoms with Crippen LogP contribution in [0.3, 0.4) is 0 Å². The van der Waals surface area contributed by atoms with E-state index in [1.165, 1.54) is 0 Å². The third-order valence-corrected chi connectivity index (χ3v) is 4.75. The summed E-state index contributed by atoms with van der Waals surface area (Å²) in [7, 11) is 0. The second kappa shape index (κ2) is 7.30. The zero-order valence-electron chi connectivity index (χ0n) is 15.7. The molecule has 26 heavy (non-hydrogen) atoms. The van der Waals surface area contributed by atoms with E-state index in [1.54, 1.807) is 11.8 Å². The van der Waals surface area contributed by atoms with Crippen LogP contribution in [0.1, 0.15) is 36.9 Å². The molecule has 2 aromatic carbocycles. The molecule has 0 aliphatic heterocycles. The molecule has 1 N–H and O–H groups in total.